The highest BCUT2D eigenvalue weighted by Crippen LogP contribution is 2.24. The van der Waals surface area contributed by atoms with E-state index in [4.69, 9.17) is 10.5 Å². The molecule has 1 saturated heterocycles. The van der Waals surface area contributed by atoms with Crippen LogP contribution in [0.3, 0.4) is 0 Å². The molecular formula is C14H24N2OS. The lowest BCUT2D eigenvalue weighted by molar-refractivity contribution is 0.00318. The van der Waals surface area contributed by atoms with Gasteiger partial charge in [-0.2, -0.15) is 0 Å². The van der Waals surface area contributed by atoms with Gasteiger partial charge >= 0.3 is 0 Å². The molecule has 1 fully saturated rings. The lowest BCUT2D eigenvalue weighted by Gasteiger charge is -2.31. The van der Waals surface area contributed by atoms with Gasteiger partial charge in [0.05, 0.1) is 12.2 Å². The van der Waals surface area contributed by atoms with Crippen LogP contribution in [-0.4, -0.2) is 43.3 Å². The predicted molar refractivity (Wildman–Crippen MR) is 77.1 cm³/mol. The first-order valence-electron chi connectivity index (χ1n) is 6.79. The molecular weight excluding hydrogens is 244 g/mol. The highest BCUT2D eigenvalue weighted by molar-refractivity contribution is 7.09. The van der Waals surface area contributed by atoms with Crippen LogP contribution in [0.25, 0.3) is 0 Å². The van der Waals surface area contributed by atoms with Gasteiger partial charge in [-0.1, -0.05) is 6.07 Å². The van der Waals surface area contributed by atoms with Gasteiger partial charge in [0.25, 0.3) is 0 Å². The molecule has 3 unspecified atom stereocenters. The summed E-state index contributed by atoms with van der Waals surface area (Å²) in [4.78, 5) is 3.81. The van der Waals surface area contributed by atoms with Gasteiger partial charge in [-0.15, -0.1) is 11.3 Å². The maximum absolute atomic E-state index is 5.95. The van der Waals surface area contributed by atoms with Crippen LogP contribution >= 0.6 is 11.3 Å². The average Bonchev–Trinajstić information content (AvgIpc) is 2.99. The Hall–Kier alpha value is -0.420. The minimum absolute atomic E-state index is 0.318. The van der Waals surface area contributed by atoms with Crippen molar-refractivity contribution < 1.29 is 4.74 Å². The van der Waals surface area contributed by atoms with E-state index in [0.29, 0.717) is 24.8 Å². The Balaban J connectivity index is 1.83. The molecule has 1 aromatic heterocycles. The van der Waals surface area contributed by atoms with Crippen LogP contribution in [0.1, 0.15) is 24.6 Å². The Morgan fingerprint density at radius 1 is 1.56 bits per heavy atom. The van der Waals surface area contributed by atoms with Crippen molar-refractivity contribution in [3.05, 3.63) is 22.4 Å². The topological polar surface area (TPSA) is 38.5 Å². The molecule has 0 amide bonds. The van der Waals surface area contributed by atoms with Crippen molar-refractivity contribution in [2.24, 2.45) is 5.73 Å². The molecule has 0 aliphatic carbocycles. The second kappa shape index (κ2) is 6.66. The summed E-state index contributed by atoms with van der Waals surface area (Å²) in [6.07, 6.45) is 4.13. The third-order valence-electron chi connectivity index (χ3n) is 3.79. The second-order valence-corrected chi connectivity index (χ2v) is 6.21. The molecule has 18 heavy (non-hydrogen) atoms. The first-order valence-corrected chi connectivity index (χ1v) is 7.67. The van der Waals surface area contributed by atoms with E-state index in [1.54, 1.807) is 0 Å². The quantitative estimate of drug-likeness (QED) is 0.859. The number of hydrogen-bond donors (Lipinski definition) is 1. The molecule has 102 valence electrons. The molecule has 1 aromatic rings. The van der Waals surface area contributed by atoms with Crippen LogP contribution in [0.2, 0.25) is 0 Å². The minimum atomic E-state index is 0.318. The van der Waals surface area contributed by atoms with Gasteiger partial charge in [-0.25, -0.2) is 0 Å². The fourth-order valence-corrected chi connectivity index (χ4v) is 3.34. The van der Waals surface area contributed by atoms with Crippen molar-refractivity contribution in [1.82, 2.24) is 4.90 Å². The Bertz CT molecular complexity index is 342. The molecule has 1 aliphatic heterocycles. The van der Waals surface area contributed by atoms with Crippen molar-refractivity contribution in [1.29, 1.82) is 0 Å². The molecule has 4 heteroatoms. The molecule has 0 radical (unpaired) electrons. The maximum atomic E-state index is 5.95. The average molecular weight is 268 g/mol. The molecule has 0 aromatic carbocycles. The normalized spacial score (nSPS) is 25.8. The predicted octanol–water partition coefficient (Wildman–Crippen LogP) is 2.12. The number of thiophene rings is 1. The van der Waals surface area contributed by atoms with Gasteiger partial charge < -0.3 is 10.5 Å². The molecule has 0 saturated carbocycles. The van der Waals surface area contributed by atoms with Gasteiger partial charge in [0, 0.05) is 24.0 Å². The first kappa shape index (κ1) is 14.0. The molecule has 1 aliphatic rings. The number of likely N-dealkylation sites (N-methyl/N-ethyl adjacent to an activating group) is 1. The van der Waals surface area contributed by atoms with E-state index in [9.17, 15) is 0 Å². The lowest BCUT2D eigenvalue weighted by atomic mass is 10.1. The number of rotatable bonds is 6. The number of nitrogens with two attached hydrogens (primary N) is 1. The largest absolute Gasteiger partial charge is 0.374 e. The molecule has 2 N–H and O–H groups in total. The summed E-state index contributed by atoms with van der Waals surface area (Å²) in [6, 6.07) is 4.67. The summed E-state index contributed by atoms with van der Waals surface area (Å²) in [5.41, 5.74) is 5.93. The zero-order chi connectivity index (χ0) is 13.0. The number of hydrogen-bond acceptors (Lipinski definition) is 4. The monoisotopic (exact) mass is 268 g/mol. The lowest BCUT2D eigenvalue weighted by Crippen LogP contribution is -2.47. The Morgan fingerprint density at radius 2 is 2.39 bits per heavy atom. The summed E-state index contributed by atoms with van der Waals surface area (Å²) < 4.78 is 5.95. The van der Waals surface area contributed by atoms with E-state index in [2.05, 4.69) is 36.4 Å². The highest BCUT2D eigenvalue weighted by Gasteiger charge is 2.30. The summed E-state index contributed by atoms with van der Waals surface area (Å²) >= 11 is 1.83. The molecule has 2 heterocycles. The van der Waals surface area contributed by atoms with Crippen LogP contribution in [0.5, 0.6) is 0 Å². The SMILES string of the molecule is CC1CCC(C(CN)N(C)CCc2cccs2)O1. The summed E-state index contributed by atoms with van der Waals surface area (Å²) in [6.45, 7) is 3.88. The Labute approximate surface area is 114 Å². The number of ether oxygens (including phenoxy) is 1. The van der Waals surface area contributed by atoms with Crippen LogP contribution in [-0.2, 0) is 11.2 Å². The zero-order valence-electron chi connectivity index (χ0n) is 11.3. The van der Waals surface area contributed by atoms with Crippen LogP contribution in [0, 0.1) is 0 Å². The molecule has 0 spiro atoms. The standard InChI is InChI=1S/C14H24N2OS/c1-11-5-6-14(17-11)13(10-15)16(2)8-7-12-4-3-9-18-12/h3-4,9,11,13-14H,5-8,10,15H2,1-2H3. The summed E-state index contributed by atoms with van der Waals surface area (Å²) in [5.74, 6) is 0. The Kier molecular flexibility index (Phi) is 5.18. The van der Waals surface area contributed by atoms with Crippen LogP contribution in [0.4, 0.5) is 0 Å². The molecule has 2 rings (SSSR count). The third-order valence-corrected chi connectivity index (χ3v) is 4.73. The number of nitrogens with zero attached hydrogens (tertiary/aromatic N) is 1. The smallest absolute Gasteiger partial charge is 0.0746 e. The first-order chi connectivity index (χ1) is 8.70. The van der Waals surface area contributed by atoms with Gasteiger partial charge in [0.1, 0.15) is 0 Å². The van der Waals surface area contributed by atoms with Crippen molar-refractivity contribution in [3.63, 3.8) is 0 Å². The second-order valence-electron chi connectivity index (χ2n) is 5.18. The van der Waals surface area contributed by atoms with Gasteiger partial charge in [0.15, 0.2) is 0 Å². The van der Waals surface area contributed by atoms with E-state index in [-0.39, 0.29) is 0 Å². The summed E-state index contributed by atoms with van der Waals surface area (Å²) in [7, 11) is 2.16. The van der Waals surface area contributed by atoms with Crippen molar-refractivity contribution in [3.8, 4) is 0 Å². The van der Waals surface area contributed by atoms with E-state index >= 15 is 0 Å². The van der Waals surface area contributed by atoms with E-state index < -0.39 is 0 Å². The van der Waals surface area contributed by atoms with Gasteiger partial charge in [-0.05, 0) is 44.7 Å². The van der Waals surface area contributed by atoms with Crippen LogP contribution < -0.4 is 5.73 Å². The fourth-order valence-electron chi connectivity index (χ4n) is 2.64. The van der Waals surface area contributed by atoms with Gasteiger partial charge in [-0.3, -0.25) is 4.90 Å². The molecule has 3 nitrogen and oxygen atoms in total. The minimum Gasteiger partial charge on any atom is -0.374 e. The zero-order valence-corrected chi connectivity index (χ0v) is 12.2. The van der Waals surface area contributed by atoms with Crippen molar-refractivity contribution in [2.45, 2.75) is 44.4 Å². The van der Waals surface area contributed by atoms with Crippen LogP contribution in [0.15, 0.2) is 17.5 Å². The van der Waals surface area contributed by atoms with E-state index in [1.165, 1.54) is 11.3 Å². The van der Waals surface area contributed by atoms with Crippen molar-refractivity contribution in [2.75, 3.05) is 20.1 Å². The molecule has 3 atom stereocenters. The van der Waals surface area contributed by atoms with Crippen molar-refractivity contribution >= 4 is 11.3 Å². The third kappa shape index (κ3) is 3.54. The van der Waals surface area contributed by atoms with E-state index in [1.807, 2.05) is 11.3 Å². The summed E-state index contributed by atoms with van der Waals surface area (Å²) in [5, 5.41) is 2.14. The maximum Gasteiger partial charge on any atom is 0.0746 e. The fraction of sp³-hybridized carbons (Fsp3) is 0.714. The highest BCUT2D eigenvalue weighted by atomic mass is 32.1. The van der Waals surface area contributed by atoms with Gasteiger partial charge in [0.2, 0.25) is 0 Å². The molecule has 0 bridgehead atoms. The van der Waals surface area contributed by atoms with E-state index in [0.717, 1.165) is 19.4 Å². The Morgan fingerprint density at radius 3 is 2.94 bits per heavy atom.